The van der Waals surface area contributed by atoms with E-state index in [1.165, 1.54) is 14.0 Å². The second-order valence-electron chi connectivity index (χ2n) is 4.80. The van der Waals surface area contributed by atoms with Gasteiger partial charge in [0, 0.05) is 6.42 Å². The number of hydrogen-bond acceptors (Lipinski definition) is 8. The van der Waals surface area contributed by atoms with E-state index in [0.29, 0.717) is 0 Å². The first-order valence-electron chi connectivity index (χ1n) is 7.69. The topological polar surface area (TPSA) is 121 Å². The van der Waals surface area contributed by atoms with Crippen LogP contribution in [0.3, 0.4) is 0 Å². The van der Waals surface area contributed by atoms with Gasteiger partial charge in [0.15, 0.2) is 0 Å². The fourth-order valence-electron chi connectivity index (χ4n) is 1.99. The van der Waals surface area contributed by atoms with E-state index >= 15 is 0 Å². The van der Waals surface area contributed by atoms with Gasteiger partial charge in [-0.2, -0.15) is 0 Å². The first-order chi connectivity index (χ1) is 11.8. The van der Waals surface area contributed by atoms with Crippen LogP contribution in [0.4, 0.5) is 5.88 Å². The number of methoxy groups -OCH3 is 1. The Labute approximate surface area is 144 Å². The second-order valence-corrected chi connectivity index (χ2v) is 4.80. The van der Waals surface area contributed by atoms with Crippen molar-refractivity contribution in [1.82, 2.24) is 0 Å². The Hall–Kier alpha value is -2.84. The van der Waals surface area contributed by atoms with Gasteiger partial charge in [-0.05, 0) is 20.8 Å². The van der Waals surface area contributed by atoms with Crippen LogP contribution in [0, 0.1) is 6.92 Å². The maximum atomic E-state index is 12.2. The van der Waals surface area contributed by atoms with Crippen LogP contribution in [0.25, 0.3) is 0 Å². The highest BCUT2D eigenvalue weighted by Gasteiger charge is 2.31. The molecule has 1 rings (SSSR count). The molecule has 1 amide bonds. The molecule has 0 unspecified atom stereocenters. The smallest absolute Gasteiger partial charge is 0.344 e. The van der Waals surface area contributed by atoms with Gasteiger partial charge in [0.1, 0.15) is 16.9 Å². The van der Waals surface area contributed by atoms with Gasteiger partial charge < -0.3 is 18.6 Å². The summed E-state index contributed by atoms with van der Waals surface area (Å²) in [6.45, 7) is 4.85. The van der Waals surface area contributed by atoms with Crippen molar-refractivity contribution in [1.29, 1.82) is 0 Å². The third kappa shape index (κ3) is 5.33. The number of hydrogen-bond donors (Lipinski definition) is 1. The van der Waals surface area contributed by atoms with Crippen LogP contribution in [0.5, 0.6) is 0 Å². The number of anilines is 1. The van der Waals surface area contributed by atoms with Crippen molar-refractivity contribution in [3.63, 3.8) is 0 Å². The Morgan fingerprint density at radius 1 is 0.960 bits per heavy atom. The number of aryl methyl sites for hydroxylation is 1. The van der Waals surface area contributed by atoms with Crippen LogP contribution in [0.15, 0.2) is 4.42 Å². The van der Waals surface area contributed by atoms with Crippen LogP contribution in [0.2, 0.25) is 0 Å². The lowest BCUT2D eigenvalue weighted by atomic mass is 10.1. The predicted molar refractivity (Wildman–Crippen MR) is 85.2 cm³/mol. The molecule has 0 radical (unpaired) electrons. The highest BCUT2D eigenvalue weighted by atomic mass is 16.5. The standard InChI is InChI=1S/C16H21NO8/c1-5-23-15(20)12-9(3)25-14(13(12)16(21)24-6-2)17-10(18)7-8-11(19)22-4/h5-8H2,1-4H3,(H,17,18). The molecule has 0 aliphatic carbocycles. The lowest BCUT2D eigenvalue weighted by Gasteiger charge is -2.06. The molecule has 0 spiro atoms. The van der Waals surface area contributed by atoms with Crippen molar-refractivity contribution in [2.45, 2.75) is 33.6 Å². The number of furan rings is 1. The van der Waals surface area contributed by atoms with E-state index < -0.39 is 23.8 Å². The quantitative estimate of drug-likeness (QED) is 0.554. The van der Waals surface area contributed by atoms with Crippen molar-refractivity contribution in [2.75, 3.05) is 25.6 Å². The van der Waals surface area contributed by atoms with E-state index in [9.17, 15) is 19.2 Å². The molecular weight excluding hydrogens is 334 g/mol. The summed E-state index contributed by atoms with van der Waals surface area (Å²) < 4.78 is 19.6. The Morgan fingerprint density at radius 2 is 1.52 bits per heavy atom. The SMILES string of the molecule is CCOC(=O)c1c(C)oc(NC(=O)CCC(=O)OC)c1C(=O)OCC. The Morgan fingerprint density at radius 3 is 2.04 bits per heavy atom. The molecule has 0 aliphatic heterocycles. The lowest BCUT2D eigenvalue weighted by Crippen LogP contribution is -2.18. The average Bonchev–Trinajstić information content (AvgIpc) is 2.89. The minimum absolute atomic E-state index is 0.0705. The molecule has 9 heteroatoms. The molecule has 0 aliphatic rings. The molecule has 0 bridgehead atoms. The van der Waals surface area contributed by atoms with Crippen molar-refractivity contribution in [3.05, 3.63) is 16.9 Å². The average molecular weight is 355 g/mol. The van der Waals surface area contributed by atoms with E-state index in [0.717, 1.165) is 0 Å². The molecule has 1 heterocycles. The number of esters is 3. The summed E-state index contributed by atoms with van der Waals surface area (Å²) >= 11 is 0. The van der Waals surface area contributed by atoms with Gasteiger partial charge in [0.25, 0.3) is 0 Å². The van der Waals surface area contributed by atoms with Crippen LogP contribution in [-0.4, -0.2) is 44.1 Å². The number of carbonyl (C=O) groups excluding carboxylic acids is 4. The number of amides is 1. The van der Waals surface area contributed by atoms with Gasteiger partial charge in [0.2, 0.25) is 11.8 Å². The molecule has 0 fully saturated rings. The normalized spacial score (nSPS) is 10.1. The van der Waals surface area contributed by atoms with Gasteiger partial charge in [-0.1, -0.05) is 0 Å². The Balaban J connectivity index is 3.11. The van der Waals surface area contributed by atoms with Crippen LogP contribution in [0.1, 0.15) is 53.2 Å². The molecule has 1 N–H and O–H groups in total. The van der Waals surface area contributed by atoms with E-state index in [2.05, 4.69) is 10.1 Å². The van der Waals surface area contributed by atoms with Gasteiger partial charge in [-0.25, -0.2) is 9.59 Å². The first kappa shape index (κ1) is 20.2. The van der Waals surface area contributed by atoms with Crippen LogP contribution >= 0.6 is 0 Å². The van der Waals surface area contributed by atoms with Crippen molar-refractivity contribution >= 4 is 29.7 Å². The minimum atomic E-state index is -0.828. The van der Waals surface area contributed by atoms with Gasteiger partial charge in [0.05, 0.1) is 26.7 Å². The molecule has 0 saturated carbocycles. The maximum Gasteiger partial charge on any atom is 0.344 e. The fraction of sp³-hybridized carbons (Fsp3) is 0.500. The zero-order chi connectivity index (χ0) is 19.0. The maximum absolute atomic E-state index is 12.2. The molecule has 9 nitrogen and oxygen atoms in total. The van der Waals surface area contributed by atoms with E-state index in [1.54, 1.807) is 13.8 Å². The highest BCUT2D eigenvalue weighted by Crippen LogP contribution is 2.29. The summed E-state index contributed by atoms with van der Waals surface area (Å²) in [6.07, 6.45) is -0.315. The van der Waals surface area contributed by atoms with Gasteiger partial charge in [-0.3, -0.25) is 14.9 Å². The molecule has 0 saturated heterocycles. The number of ether oxygens (including phenoxy) is 3. The molecule has 0 atom stereocenters. The van der Waals surface area contributed by atoms with Gasteiger partial charge in [-0.15, -0.1) is 0 Å². The molecule has 0 aromatic carbocycles. The summed E-state index contributed by atoms with van der Waals surface area (Å²) in [6, 6.07) is 0. The van der Waals surface area contributed by atoms with Gasteiger partial charge >= 0.3 is 17.9 Å². The summed E-state index contributed by atoms with van der Waals surface area (Å²) in [5, 5.41) is 2.37. The minimum Gasteiger partial charge on any atom is -0.469 e. The van der Waals surface area contributed by atoms with E-state index in [-0.39, 0.29) is 48.8 Å². The zero-order valence-electron chi connectivity index (χ0n) is 14.6. The monoisotopic (exact) mass is 355 g/mol. The molecular formula is C16H21NO8. The van der Waals surface area contributed by atoms with Crippen LogP contribution < -0.4 is 5.32 Å². The molecule has 1 aromatic heterocycles. The lowest BCUT2D eigenvalue weighted by molar-refractivity contribution is -0.141. The third-order valence-corrected chi connectivity index (χ3v) is 3.08. The summed E-state index contributed by atoms with van der Waals surface area (Å²) in [5.41, 5.74) is -0.326. The highest BCUT2D eigenvalue weighted by molar-refractivity contribution is 6.09. The summed E-state index contributed by atoms with van der Waals surface area (Å²) in [4.78, 5) is 47.3. The predicted octanol–water partition coefficient (Wildman–Crippen LogP) is 1.83. The number of carbonyl (C=O) groups is 4. The van der Waals surface area contributed by atoms with Crippen molar-refractivity contribution < 1.29 is 37.8 Å². The van der Waals surface area contributed by atoms with E-state index in [1.807, 2.05) is 0 Å². The molecule has 138 valence electrons. The third-order valence-electron chi connectivity index (χ3n) is 3.08. The van der Waals surface area contributed by atoms with Crippen molar-refractivity contribution in [2.24, 2.45) is 0 Å². The Kier molecular flexibility index (Phi) is 7.64. The number of rotatable bonds is 8. The van der Waals surface area contributed by atoms with E-state index in [4.69, 9.17) is 13.9 Å². The number of nitrogens with one attached hydrogen (secondary N) is 1. The Bertz CT molecular complexity index is 661. The molecule has 1 aromatic rings. The molecule has 25 heavy (non-hydrogen) atoms. The second kappa shape index (κ2) is 9.45. The zero-order valence-corrected chi connectivity index (χ0v) is 14.6. The van der Waals surface area contributed by atoms with Crippen LogP contribution in [-0.2, 0) is 23.8 Å². The largest absolute Gasteiger partial charge is 0.469 e. The van der Waals surface area contributed by atoms with Crippen molar-refractivity contribution in [3.8, 4) is 0 Å². The summed E-state index contributed by atoms with van der Waals surface area (Å²) in [7, 11) is 1.21. The summed E-state index contributed by atoms with van der Waals surface area (Å²) in [5.74, 6) is -2.85. The fourth-order valence-corrected chi connectivity index (χ4v) is 1.99. The first-order valence-corrected chi connectivity index (χ1v) is 7.69.